The molecule has 5 heteroatoms. The van der Waals surface area contributed by atoms with Gasteiger partial charge in [-0.2, -0.15) is 5.26 Å². The van der Waals surface area contributed by atoms with E-state index in [-0.39, 0.29) is 6.61 Å². The molecule has 1 atom stereocenters. The van der Waals surface area contributed by atoms with Crippen molar-refractivity contribution in [2.24, 2.45) is 0 Å². The number of hydrogen-bond donors (Lipinski definition) is 2. The Labute approximate surface area is 126 Å². The van der Waals surface area contributed by atoms with Crippen molar-refractivity contribution in [3.05, 3.63) is 29.8 Å². The number of aliphatic hydroxyl groups is 1. The van der Waals surface area contributed by atoms with Gasteiger partial charge in [-0.05, 0) is 51.2 Å². The molecule has 1 heterocycles. The number of piperidine rings is 1. The molecule has 0 amide bonds. The Balaban J connectivity index is 1.67. The second kappa shape index (κ2) is 7.99. The number of rotatable bonds is 6. The molecule has 0 aromatic heterocycles. The van der Waals surface area contributed by atoms with E-state index in [1.807, 2.05) is 0 Å². The number of hydrogen-bond acceptors (Lipinski definition) is 5. The van der Waals surface area contributed by atoms with Crippen LogP contribution in [0.5, 0.6) is 5.75 Å². The summed E-state index contributed by atoms with van der Waals surface area (Å²) in [5.74, 6) is 0.618. The smallest absolute Gasteiger partial charge is 0.120 e. The third-order valence-electron chi connectivity index (χ3n) is 3.77. The molecule has 1 fully saturated rings. The molecular formula is C16H23N3O2. The topological polar surface area (TPSA) is 68.5 Å². The first-order chi connectivity index (χ1) is 10.2. The van der Waals surface area contributed by atoms with Crippen LogP contribution >= 0.6 is 0 Å². The summed E-state index contributed by atoms with van der Waals surface area (Å²) in [4.78, 5) is 2.32. The largest absolute Gasteiger partial charge is 0.491 e. The Hall–Kier alpha value is -1.61. The van der Waals surface area contributed by atoms with Crippen molar-refractivity contribution in [1.82, 2.24) is 10.2 Å². The van der Waals surface area contributed by atoms with Crippen molar-refractivity contribution in [3.63, 3.8) is 0 Å². The number of aliphatic hydroxyl groups excluding tert-OH is 1. The molecule has 0 bridgehead atoms. The normalized spacial score (nSPS) is 18.1. The minimum atomic E-state index is -0.546. The van der Waals surface area contributed by atoms with E-state index in [9.17, 15) is 5.11 Å². The lowest BCUT2D eigenvalue weighted by atomic mass is 10.1. The maximum atomic E-state index is 9.96. The van der Waals surface area contributed by atoms with Gasteiger partial charge in [-0.1, -0.05) is 6.07 Å². The van der Waals surface area contributed by atoms with E-state index >= 15 is 0 Å². The van der Waals surface area contributed by atoms with E-state index in [0.717, 1.165) is 25.9 Å². The molecule has 2 N–H and O–H groups in total. The Morgan fingerprint density at radius 1 is 1.48 bits per heavy atom. The Morgan fingerprint density at radius 2 is 2.24 bits per heavy atom. The number of likely N-dealkylation sites (tertiary alicyclic amines) is 1. The van der Waals surface area contributed by atoms with Crippen LogP contribution in [0.4, 0.5) is 0 Å². The average molecular weight is 289 g/mol. The molecule has 0 spiro atoms. The molecule has 0 radical (unpaired) electrons. The van der Waals surface area contributed by atoms with Gasteiger partial charge in [0.1, 0.15) is 18.5 Å². The summed E-state index contributed by atoms with van der Waals surface area (Å²) in [6.45, 7) is 2.97. The van der Waals surface area contributed by atoms with Crippen LogP contribution in [0.25, 0.3) is 0 Å². The second-order valence-electron chi connectivity index (χ2n) is 5.59. The van der Waals surface area contributed by atoms with Crippen LogP contribution in [-0.4, -0.2) is 55.4 Å². The highest BCUT2D eigenvalue weighted by atomic mass is 16.5. The first kappa shape index (κ1) is 15.8. The van der Waals surface area contributed by atoms with Crippen LogP contribution in [0.2, 0.25) is 0 Å². The van der Waals surface area contributed by atoms with Crippen molar-refractivity contribution in [3.8, 4) is 11.8 Å². The van der Waals surface area contributed by atoms with E-state index in [4.69, 9.17) is 10.00 Å². The molecule has 21 heavy (non-hydrogen) atoms. The highest BCUT2D eigenvalue weighted by Gasteiger charge is 2.17. The molecule has 1 saturated heterocycles. The van der Waals surface area contributed by atoms with Crippen LogP contribution in [0.3, 0.4) is 0 Å². The second-order valence-corrected chi connectivity index (χ2v) is 5.59. The molecular weight excluding hydrogens is 266 g/mol. The highest BCUT2D eigenvalue weighted by Crippen LogP contribution is 2.13. The Morgan fingerprint density at radius 3 is 2.95 bits per heavy atom. The zero-order valence-corrected chi connectivity index (χ0v) is 12.5. The minimum Gasteiger partial charge on any atom is -0.491 e. The summed E-state index contributed by atoms with van der Waals surface area (Å²) in [6.07, 6.45) is 1.69. The molecule has 114 valence electrons. The summed E-state index contributed by atoms with van der Waals surface area (Å²) < 4.78 is 5.52. The third kappa shape index (κ3) is 5.35. The molecule has 1 unspecified atom stereocenters. The molecule has 2 rings (SSSR count). The zero-order chi connectivity index (χ0) is 15.1. The first-order valence-electron chi connectivity index (χ1n) is 7.40. The van der Waals surface area contributed by atoms with Gasteiger partial charge in [0.05, 0.1) is 11.6 Å². The number of nitrogens with zero attached hydrogens (tertiary/aromatic N) is 2. The minimum absolute atomic E-state index is 0.231. The van der Waals surface area contributed by atoms with Crippen LogP contribution in [0, 0.1) is 11.3 Å². The van der Waals surface area contributed by atoms with Crippen LogP contribution in [0.1, 0.15) is 18.4 Å². The van der Waals surface area contributed by atoms with E-state index in [0.29, 0.717) is 23.9 Å². The number of nitriles is 1. The number of nitrogens with one attached hydrogen (secondary N) is 1. The summed E-state index contributed by atoms with van der Waals surface area (Å²) in [5, 5.41) is 22.2. The fraction of sp³-hybridized carbons (Fsp3) is 0.562. The number of benzene rings is 1. The molecule has 1 aromatic rings. The van der Waals surface area contributed by atoms with Crippen LogP contribution < -0.4 is 10.1 Å². The van der Waals surface area contributed by atoms with Gasteiger partial charge in [0.25, 0.3) is 0 Å². The molecule has 1 aromatic carbocycles. The predicted molar refractivity (Wildman–Crippen MR) is 81.2 cm³/mol. The van der Waals surface area contributed by atoms with E-state index < -0.39 is 6.10 Å². The van der Waals surface area contributed by atoms with Gasteiger partial charge in [-0.3, -0.25) is 0 Å². The molecule has 1 aliphatic heterocycles. The Kier molecular flexibility index (Phi) is 6.00. The third-order valence-corrected chi connectivity index (χ3v) is 3.77. The highest BCUT2D eigenvalue weighted by molar-refractivity contribution is 5.36. The predicted octanol–water partition coefficient (Wildman–Crippen LogP) is 0.982. The SMILES string of the molecule is CN1CCC(NCC(O)COc2cccc(C#N)c2)CC1. The van der Waals surface area contributed by atoms with Crippen molar-refractivity contribution >= 4 is 0 Å². The van der Waals surface area contributed by atoms with Crippen molar-refractivity contribution in [1.29, 1.82) is 5.26 Å². The van der Waals surface area contributed by atoms with Gasteiger partial charge in [0, 0.05) is 12.6 Å². The van der Waals surface area contributed by atoms with E-state index in [1.165, 1.54) is 0 Å². The average Bonchev–Trinajstić information content (AvgIpc) is 2.52. The fourth-order valence-corrected chi connectivity index (χ4v) is 2.42. The standard InChI is InChI=1S/C16H23N3O2/c1-19-7-5-14(6-8-19)18-11-15(20)12-21-16-4-2-3-13(9-16)10-17/h2-4,9,14-15,18,20H,5-8,11-12H2,1H3. The first-order valence-corrected chi connectivity index (χ1v) is 7.40. The van der Waals surface area contributed by atoms with E-state index in [2.05, 4.69) is 23.3 Å². The number of ether oxygens (including phenoxy) is 1. The molecule has 0 saturated carbocycles. The monoisotopic (exact) mass is 289 g/mol. The van der Waals surface area contributed by atoms with Crippen LogP contribution in [0.15, 0.2) is 24.3 Å². The maximum absolute atomic E-state index is 9.96. The van der Waals surface area contributed by atoms with Gasteiger partial charge < -0.3 is 20.1 Å². The summed E-state index contributed by atoms with van der Waals surface area (Å²) in [5.41, 5.74) is 0.562. The lowest BCUT2D eigenvalue weighted by Crippen LogP contribution is -2.44. The quantitative estimate of drug-likeness (QED) is 0.817. The lowest BCUT2D eigenvalue weighted by Gasteiger charge is -2.30. The van der Waals surface area contributed by atoms with Gasteiger partial charge in [0.15, 0.2) is 0 Å². The lowest BCUT2D eigenvalue weighted by molar-refractivity contribution is 0.0995. The zero-order valence-electron chi connectivity index (χ0n) is 12.5. The van der Waals surface area contributed by atoms with Gasteiger partial charge in [-0.15, -0.1) is 0 Å². The summed E-state index contributed by atoms with van der Waals surface area (Å²) >= 11 is 0. The van der Waals surface area contributed by atoms with Crippen LogP contribution in [-0.2, 0) is 0 Å². The summed E-state index contributed by atoms with van der Waals surface area (Å²) in [6, 6.07) is 9.52. The van der Waals surface area contributed by atoms with Crippen molar-refractivity contribution < 1.29 is 9.84 Å². The molecule has 5 nitrogen and oxygen atoms in total. The Bertz CT molecular complexity index is 479. The van der Waals surface area contributed by atoms with Gasteiger partial charge in [-0.25, -0.2) is 0 Å². The summed E-state index contributed by atoms with van der Waals surface area (Å²) in [7, 11) is 2.13. The van der Waals surface area contributed by atoms with Crippen molar-refractivity contribution in [2.75, 3.05) is 33.3 Å². The molecule has 1 aliphatic rings. The van der Waals surface area contributed by atoms with Gasteiger partial charge >= 0.3 is 0 Å². The van der Waals surface area contributed by atoms with Crippen molar-refractivity contribution in [2.45, 2.75) is 25.0 Å². The van der Waals surface area contributed by atoms with E-state index in [1.54, 1.807) is 24.3 Å². The maximum Gasteiger partial charge on any atom is 0.120 e. The van der Waals surface area contributed by atoms with Gasteiger partial charge in [0.2, 0.25) is 0 Å². The fourth-order valence-electron chi connectivity index (χ4n) is 2.42. The molecule has 0 aliphatic carbocycles.